The van der Waals surface area contributed by atoms with Crippen LogP contribution < -0.4 is 15.5 Å². The van der Waals surface area contributed by atoms with Crippen molar-refractivity contribution in [1.82, 2.24) is 15.1 Å². The van der Waals surface area contributed by atoms with Crippen LogP contribution in [-0.2, 0) is 0 Å². The molecule has 2 fully saturated rings. The molecule has 214 valence electrons. The van der Waals surface area contributed by atoms with Crippen molar-refractivity contribution in [3.05, 3.63) is 94.8 Å². The molecule has 0 atom stereocenters. The number of hydrogen-bond acceptors (Lipinski definition) is 5. The van der Waals surface area contributed by atoms with Crippen LogP contribution in [0, 0.1) is 17.5 Å². The molecule has 41 heavy (non-hydrogen) atoms. The van der Waals surface area contributed by atoms with Crippen molar-refractivity contribution in [3.8, 4) is 0 Å². The highest BCUT2D eigenvalue weighted by molar-refractivity contribution is 6.07. The van der Waals surface area contributed by atoms with Gasteiger partial charge in [-0.2, -0.15) is 0 Å². The van der Waals surface area contributed by atoms with Crippen LogP contribution in [0.1, 0.15) is 37.5 Å². The third-order valence-electron chi connectivity index (χ3n) is 7.22. The molecule has 3 aromatic carbocycles. The van der Waals surface area contributed by atoms with Crippen molar-refractivity contribution in [1.29, 1.82) is 0 Å². The molecule has 3 amide bonds. The van der Waals surface area contributed by atoms with E-state index in [9.17, 15) is 27.6 Å². The first-order valence-corrected chi connectivity index (χ1v) is 13.5. The van der Waals surface area contributed by atoms with Crippen LogP contribution >= 0.6 is 0 Å². The maximum atomic E-state index is 13.8. The smallest absolute Gasteiger partial charge is 0.255 e. The second-order valence-corrected chi connectivity index (χ2v) is 10.0. The topological polar surface area (TPSA) is 85.0 Å². The largest absolute Gasteiger partial charge is 0.366 e. The van der Waals surface area contributed by atoms with Gasteiger partial charge < -0.3 is 25.3 Å². The quantitative estimate of drug-likeness (QED) is 0.493. The normalized spacial score (nSPS) is 15.8. The zero-order valence-electron chi connectivity index (χ0n) is 22.3. The summed E-state index contributed by atoms with van der Waals surface area (Å²) < 4.78 is 41.1. The van der Waals surface area contributed by atoms with E-state index in [1.54, 1.807) is 23.1 Å². The zero-order valence-corrected chi connectivity index (χ0v) is 22.3. The Kier molecular flexibility index (Phi) is 8.53. The summed E-state index contributed by atoms with van der Waals surface area (Å²) >= 11 is 0. The molecule has 0 spiro atoms. The molecule has 0 radical (unpaired) electrons. The standard InChI is InChI=1S/C30H30F3N5O3/c31-23-4-1-3-20(15-23)28(39)35-26-18-21(29(40)37-9-2-7-34-8-10-37)5-6-27(26)36-11-13-38(14-12-36)30(41)22-16-24(32)19-25(33)17-22/h1,3-6,15-19,34H,2,7-14H2,(H,35,39). The number of nitrogens with zero attached hydrogens (tertiary/aromatic N) is 3. The zero-order chi connectivity index (χ0) is 28.9. The Bertz CT molecular complexity index is 1430. The molecular weight excluding hydrogens is 535 g/mol. The highest BCUT2D eigenvalue weighted by Crippen LogP contribution is 2.30. The average molecular weight is 566 g/mol. The third kappa shape index (κ3) is 6.68. The monoisotopic (exact) mass is 565 g/mol. The van der Waals surface area contributed by atoms with E-state index in [1.807, 2.05) is 4.90 Å². The first-order valence-electron chi connectivity index (χ1n) is 13.5. The van der Waals surface area contributed by atoms with Gasteiger partial charge in [0.15, 0.2) is 0 Å². The number of anilines is 2. The molecule has 0 unspecified atom stereocenters. The van der Waals surface area contributed by atoms with Crippen LogP contribution in [0.15, 0.2) is 60.7 Å². The van der Waals surface area contributed by atoms with Crippen LogP contribution in [0.5, 0.6) is 0 Å². The van der Waals surface area contributed by atoms with E-state index in [4.69, 9.17) is 0 Å². The molecule has 2 N–H and O–H groups in total. The molecule has 0 saturated carbocycles. The van der Waals surface area contributed by atoms with Gasteiger partial charge in [0.2, 0.25) is 0 Å². The molecule has 2 saturated heterocycles. The van der Waals surface area contributed by atoms with Gasteiger partial charge in [-0.3, -0.25) is 14.4 Å². The number of carbonyl (C=O) groups is 3. The summed E-state index contributed by atoms with van der Waals surface area (Å²) in [6, 6.07) is 13.1. The Morgan fingerprint density at radius 3 is 2.07 bits per heavy atom. The van der Waals surface area contributed by atoms with Gasteiger partial charge >= 0.3 is 0 Å². The number of amides is 3. The Labute approximate surface area is 235 Å². The molecule has 11 heteroatoms. The summed E-state index contributed by atoms with van der Waals surface area (Å²) in [4.78, 5) is 44.5. The van der Waals surface area contributed by atoms with E-state index in [2.05, 4.69) is 10.6 Å². The molecule has 2 aliphatic rings. The summed E-state index contributed by atoms with van der Waals surface area (Å²) in [6.45, 7) is 4.00. The molecule has 2 heterocycles. The van der Waals surface area contributed by atoms with Crippen LogP contribution in [0.25, 0.3) is 0 Å². The molecule has 0 aliphatic carbocycles. The second-order valence-electron chi connectivity index (χ2n) is 10.0. The predicted molar refractivity (Wildman–Crippen MR) is 149 cm³/mol. The van der Waals surface area contributed by atoms with E-state index < -0.39 is 29.3 Å². The van der Waals surface area contributed by atoms with Crippen LogP contribution in [0.4, 0.5) is 24.5 Å². The highest BCUT2D eigenvalue weighted by Gasteiger charge is 2.26. The predicted octanol–water partition coefficient (Wildman–Crippen LogP) is 3.75. The van der Waals surface area contributed by atoms with Crippen LogP contribution in [-0.4, -0.2) is 79.9 Å². The number of nitrogens with one attached hydrogen (secondary N) is 2. The minimum absolute atomic E-state index is 0.0643. The summed E-state index contributed by atoms with van der Waals surface area (Å²) in [6.07, 6.45) is 0.832. The molecular formula is C30H30F3N5O3. The van der Waals surface area contributed by atoms with Crippen molar-refractivity contribution in [2.75, 3.05) is 62.6 Å². The fourth-order valence-electron chi connectivity index (χ4n) is 5.11. The lowest BCUT2D eigenvalue weighted by Gasteiger charge is -2.37. The Morgan fingerprint density at radius 2 is 1.34 bits per heavy atom. The number of benzene rings is 3. The molecule has 2 aliphatic heterocycles. The SMILES string of the molecule is O=C(Nc1cc(C(=O)N2CCCNCC2)ccc1N1CCN(C(=O)c2cc(F)cc(F)c2)CC1)c1cccc(F)c1. The maximum Gasteiger partial charge on any atom is 0.255 e. The fourth-order valence-corrected chi connectivity index (χ4v) is 5.11. The van der Waals surface area contributed by atoms with Gasteiger partial charge in [-0.1, -0.05) is 6.07 Å². The van der Waals surface area contributed by atoms with Gasteiger partial charge in [0.05, 0.1) is 11.4 Å². The van der Waals surface area contributed by atoms with E-state index >= 15 is 0 Å². The number of carbonyl (C=O) groups excluding carboxylic acids is 3. The summed E-state index contributed by atoms with van der Waals surface area (Å²) in [7, 11) is 0. The van der Waals surface area contributed by atoms with E-state index in [0.29, 0.717) is 55.7 Å². The minimum atomic E-state index is -0.822. The van der Waals surface area contributed by atoms with E-state index in [-0.39, 0.29) is 30.1 Å². The summed E-state index contributed by atoms with van der Waals surface area (Å²) in [5.74, 6) is -3.35. The Hall–Kier alpha value is -4.38. The summed E-state index contributed by atoms with van der Waals surface area (Å²) in [5, 5.41) is 6.11. The van der Waals surface area contributed by atoms with Crippen molar-refractivity contribution < 1.29 is 27.6 Å². The lowest BCUT2D eigenvalue weighted by molar-refractivity contribution is 0.0743. The first kappa shape index (κ1) is 28.2. The lowest BCUT2D eigenvalue weighted by atomic mass is 10.1. The van der Waals surface area contributed by atoms with Gasteiger partial charge in [-0.05, 0) is 61.5 Å². The second kappa shape index (κ2) is 12.4. The number of rotatable bonds is 5. The van der Waals surface area contributed by atoms with Gasteiger partial charge in [-0.15, -0.1) is 0 Å². The molecule has 0 bridgehead atoms. The maximum absolute atomic E-state index is 13.8. The third-order valence-corrected chi connectivity index (χ3v) is 7.22. The minimum Gasteiger partial charge on any atom is -0.366 e. The highest BCUT2D eigenvalue weighted by atomic mass is 19.1. The van der Waals surface area contributed by atoms with Crippen LogP contribution in [0.2, 0.25) is 0 Å². The summed E-state index contributed by atoms with van der Waals surface area (Å²) in [5.41, 5.74) is 1.49. The average Bonchev–Trinajstić information content (AvgIpc) is 3.26. The molecule has 5 rings (SSSR count). The van der Waals surface area contributed by atoms with Gasteiger partial charge in [0, 0.05) is 68.6 Å². The van der Waals surface area contributed by atoms with E-state index in [1.165, 1.54) is 23.1 Å². The Balaban J connectivity index is 1.37. The molecule has 3 aromatic rings. The number of piperazine rings is 1. The van der Waals surface area contributed by atoms with E-state index in [0.717, 1.165) is 31.2 Å². The van der Waals surface area contributed by atoms with Crippen molar-refractivity contribution in [3.63, 3.8) is 0 Å². The first-order chi connectivity index (χ1) is 19.8. The molecule has 0 aromatic heterocycles. The number of halogens is 3. The number of hydrogen-bond donors (Lipinski definition) is 2. The van der Waals surface area contributed by atoms with Crippen LogP contribution in [0.3, 0.4) is 0 Å². The Morgan fingerprint density at radius 1 is 0.659 bits per heavy atom. The van der Waals surface area contributed by atoms with Crippen molar-refractivity contribution in [2.45, 2.75) is 6.42 Å². The van der Waals surface area contributed by atoms with Crippen molar-refractivity contribution >= 4 is 29.1 Å². The van der Waals surface area contributed by atoms with Gasteiger partial charge in [-0.25, -0.2) is 13.2 Å². The fraction of sp³-hybridized carbons (Fsp3) is 0.300. The lowest BCUT2D eigenvalue weighted by Crippen LogP contribution is -2.49. The van der Waals surface area contributed by atoms with Crippen molar-refractivity contribution in [2.24, 2.45) is 0 Å². The van der Waals surface area contributed by atoms with Gasteiger partial charge in [0.25, 0.3) is 17.7 Å². The molecule has 8 nitrogen and oxygen atoms in total. The van der Waals surface area contributed by atoms with Gasteiger partial charge in [0.1, 0.15) is 17.5 Å².